The summed E-state index contributed by atoms with van der Waals surface area (Å²) in [6.07, 6.45) is 0.812. The van der Waals surface area contributed by atoms with Crippen LogP contribution in [0, 0.1) is 18.7 Å². The molecule has 1 unspecified atom stereocenters. The molecule has 1 aromatic rings. The number of carbonyl (C=O) groups excluding carboxylic acids is 1. The molecular weight excluding hydrogens is 235 g/mol. The van der Waals surface area contributed by atoms with E-state index >= 15 is 0 Å². The standard InChI is InChI=1S/C13H17FN2O2/c1-9-11(14)3-2-4-12(9)15-13(18)16-6-5-10(7-16)8-17/h2-4,10,17H,5-8H2,1H3,(H,15,18). The molecule has 18 heavy (non-hydrogen) atoms. The zero-order chi connectivity index (χ0) is 13.1. The molecule has 2 rings (SSSR count). The van der Waals surface area contributed by atoms with Crippen LogP contribution < -0.4 is 5.32 Å². The highest BCUT2D eigenvalue weighted by Crippen LogP contribution is 2.20. The number of anilines is 1. The second kappa shape index (κ2) is 5.35. The van der Waals surface area contributed by atoms with Gasteiger partial charge in [-0.05, 0) is 25.5 Å². The summed E-state index contributed by atoms with van der Waals surface area (Å²) in [6.45, 7) is 2.91. The van der Waals surface area contributed by atoms with E-state index in [4.69, 9.17) is 5.11 Å². The Morgan fingerprint density at radius 2 is 2.39 bits per heavy atom. The van der Waals surface area contributed by atoms with Crippen molar-refractivity contribution in [2.45, 2.75) is 13.3 Å². The minimum absolute atomic E-state index is 0.1000. The fourth-order valence-electron chi connectivity index (χ4n) is 2.10. The van der Waals surface area contributed by atoms with Crippen molar-refractivity contribution in [3.05, 3.63) is 29.6 Å². The van der Waals surface area contributed by atoms with Crippen molar-refractivity contribution in [3.63, 3.8) is 0 Å². The molecule has 98 valence electrons. The Hall–Kier alpha value is -1.62. The molecule has 1 atom stereocenters. The highest BCUT2D eigenvalue weighted by Gasteiger charge is 2.25. The van der Waals surface area contributed by atoms with Crippen LogP contribution in [0.1, 0.15) is 12.0 Å². The van der Waals surface area contributed by atoms with Crippen LogP contribution in [0.2, 0.25) is 0 Å². The van der Waals surface area contributed by atoms with Crippen molar-refractivity contribution in [1.29, 1.82) is 0 Å². The minimum atomic E-state index is -0.331. The Labute approximate surface area is 105 Å². The molecule has 4 nitrogen and oxygen atoms in total. The van der Waals surface area contributed by atoms with Crippen LogP contribution in [0.4, 0.5) is 14.9 Å². The number of hydrogen-bond donors (Lipinski definition) is 2. The maximum Gasteiger partial charge on any atom is 0.321 e. The lowest BCUT2D eigenvalue weighted by atomic mass is 10.1. The van der Waals surface area contributed by atoms with Gasteiger partial charge < -0.3 is 15.3 Å². The second-order valence-electron chi connectivity index (χ2n) is 4.63. The monoisotopic (exact) mass is 252 g/mol. The normalized spacial score (nSPS) is 19.1. The number of nitrogens with one attached hydrogen (secondary N) is 1. The lowest BCUT2D eigenvalue weighted by Crippen LogP contribution is -2.33. The molecule has 0 spiro atoms. The molecule has 5 heteroatoms. The van der Waals surface area contributed by atoms with Gasteiger partial charge in [-0.15, -0.1) is 0 Å². The highest BCUT2D eigenvalue weighted by molar-refractivity contribution is 5.90. The van der Waals surface area contributed by atoms with Gasteiger partial charge in [0, 0.05) is 36.9 Å². The lowest BCUT2D eigenvalue weighted by Gasteiger charge is -2.18. The molecule has 0 aliphatic carbocycles. The van der Waals surface area contributed by atoms with Gasteiger partial charge in [0.05, 0.1) is 0 Å². The fourth-order valence-corrected chi connectivity index (χ4v) is 2.10. The lowest BCUT2D eigenvalue weighted by molar-refractivity contribution is 0.208. The quantitative estimate of drug-likeness (QED) is 0.845. The zero-order valence-electron chi connectivity index (χ0n) is 10.3. The van der Waals surface area contributed by atoms with Gasteiger partial charge in [0.25, 0.3) is 0 Å². The van der Waals surface area contributed by atoms with Crippen molar-refractivity contribution in [2.24, 2.45) is 5.92 Å². The third-order valence-corrected chi connectivity index (χ3v) is 3.34. The van der Waals surface area contributed by atoms with E-state index in [1.54, 1.807) is 24.0 Å². The van der Waals surface area contributed by atoms with Gasteiger partial charge in [-0.2, -0.15) is 0 Å². The molecule has 1 saturated heterocycles. The number of halogens is 1. The zero-order valence-corrected chi connectivity index (χ0v) is 10.3. The Balaban J connectivity index is 2.01. The van der Waals surface area contributed by atoms with E-state index in [2.05, 4.69) is 5.32 Å². The van der Waals surface area contributed by atoms with Crippen LogP contribution in [0.25, 0.3) is 0 Å². The number of rotatable bonds is 2. The van der Waals surface area contributed by atoms with Gasteiger partial charge in [0.15, 0.2) is 0 Å². The number of nitrogens with zero attached hydrogens (tertiary/aromatic N) is 1. The summed E-state index contributed by atoms with van der Waals surface area (Å²) in [4.78, 5) is 13.6. The Kier molecular flexibility index (Phi) is 3.81. The number of hydrogen-bond acceptors (Lipinski definition) is 2. The predicted molar refractivity (Wildman–Crippen MR) is 66.9 cm³/mol. The number of benzene rings is 1. The van der Waals surface area contributed by atoms with Crippen molar-refractivity contribution >= 4 is 11.7 Å². The molecule has 2 N–H and O–H groups in total. The fraction of sp³-hybridized carbons (Fsp3) is 0.462. The average molecular weight is 252 g/mol. The number of amides is 2. The van der Waals surface area contributed by atoms with Crippen LogP contribution in [0.3, 0.4) is 0 Å². The van der Waals surface area contributed by atoms with Crippen LogP contribution >= 0.6 is 0 Å². The molecule has 1 fully saturated rings. The maximum atomic E-state index is 13.3. The van der Waals surface area contributed by atoms with Gasteiger partial charge in [-0.25, -0.2) is 9.18 Å². The number of urea groups is 1. The summed E-state index contributed by atoms with van der Waals surface area (Å²) in [5, 5.41) is 11.7. The number of carbonyl (C=O) groups is 1. The van der Waals surface area contributed by atoms with E-state index in [9.17, 15) is 9.18 Å². The number of likely N-dealkylation sites (tertiary alicyclic amines) is 1. The summed E-state index contributed by atoms with van der Waals surface area (Å²) in [5.74, 6) is -0.174. The molecule has 1 aliphatic heterocycles. The van der Waals surface area contributed by atoms with E-state index in [0.29, 0.717) is 24.3 Å². The average Bonchev–Trinajstić information content (AvgIpc) is 2.83. The first-order valence-electron chi connectivity index (χ1n) is 6.03. The maximum absolute atomic E-state index is 13.3. The van der Waals surface area contributed by atoms with Gasteiger partial charge in [0.1, 0.15) is 5.82 Å². The van der Waals surface area contributed by atoms with E-state index in [1.165, 1.54) is 6.07 Å². The van der Waals surface area contributed by atoms with Crippen LogP contribution in [-0.4, -0.2) is 35.7 Å². The van der Waals surface area contributed by atoms with E-state index < -0.39 is 0 Å². The molecule has 1 aromatic carbocycles. The summed E-state index contributed by atoms with van der Waals surface area (Å²) in [5.41, 5.74) is 0.927. The Morgan fingerprint density at radius 1 is 1.61 bits per heavy atom. The highest BCUT2D eigenvalue weighted by atomic mass is 19.1. The molecule has 0 saturated carbocycles. The van der Waals surface area contributed by atoms with Gasteiger partial charge >= 0.3 is 6.03 Å². The Morgan fingerprint density at radius 3 is 3.06 bits per heavy atom. The third kappa shape index (κ3) is 2.61. The SMILES string of the molecule is Cc1c(F)cccc1NC(=O)N1CCC(CO)C1. The first-order valence-corrected chi connectivity index (χ1v) is 6.03. The first-order chi connectivity index (χ1) is 8.61. The van der Waals surface area contributed by atoms with E-state index in [-0.39, 0.29) is 24.4 Å². The topological polar surface area (TPSA) is 52.6 Å². The predicted octanol–water partition coefficient (Wildman–Crippen LogP) is 1.98. The Bertz CT molecular complexity index is 451. The first kappa shape index (κ1) is 12.8. The van der Waals surface area contributed by atoms with Crippen molar-refractivity contribution in [2.75, 3.05) is 25.0 Å². The third-order valence-electron chi connectivity index (χ3n) is 3.34. The van der Waals surface area contributed by atoms with Crippen LogP contribution in [0.15, 0.2) is 18.2 Å². The summed E-state index contributed by atoms with van der Waals surface area (Å²) < 4.78 is 13.3. The molecule has 2 amide bonds. The van der Waals surface area contributed by atoms with Crippen LogP contribution in [-0.2, 0) is 0 Å². The summed E-state index contributed by atoms with van der Waals surface area (Å²) >= 11 is 0. The number of aliphatic hydroxyl groups is 1. The smallest absolute Gasteiger partial charge is 0.321 e. The van der Waals surface area contributed by atoms with Gasteiger partial charge in [-0.3, -0.25) is 0 Å². The largest absolute Gasteiger partial charge is 0.396 e. The van der Waals surface area contributed by atoms with Gasteiger partial charge in [0.2, 0.25) is 0 Å². The van der Waals surface area contributed by atoms with Crippen molar-refractivity contribution in [1.82, 2.24) is 4.90 Å². The minimum Gasteiger partial charge on any atom is -0.396 e. The van der Waals surface area contributed by atoms with Crippen molar-refractivity contribution < 1.29 is 14.3 Å². The molecule has 0 radical (unpaired) electrons. The van der Waals surface area contributed by atoms with E-state index in [0.717, 1.165) is 6.42 Å². The second-order valence-corrected chi connectivity index (χ2v) is 4.63. The summed E-state index contributed by atoms with van der Waals surface area (Å²) in [6, 6.07) is 4.37. The number of aliphatic hydroxyl groups excluding tert-OH is 1. The van der Waals surface area contributed by atoms with E-state index in [1.807, 2.05) is 0 Å². The molecule has 1 heterocycles. The van der Waals surface area contributed by atoms with Gasteiger partial charge in [-0.1, -0.05) is 6.07 Å². The van der Waals surface area contributed by atoms with Crippen molar-refractivity contribution in [3.8, 4) is 0 Å². The molecule has 1 aliphatic rings. The molecule has 0 aromatic heterocycles. The molecule has 0 bridgehead atoms. The molecular formula is C13H17FN2O2. The van der Waals surface area contributed by atoms with Crippen LogP contribution in [0.5, 0.6) is 0 Å². The summed E-state index contributed by atoms with van der Waals surface area (Å²) in [7, 11) is 0.